The number of aromatic carboxylic acids is 1. The van der Waals surface area contributed by atoms with E-state index >= 15 is 0 Å². The molecular formula is C10H6F2N2O2. The van der Waals surface area contributed by atoms with E-state index in [2.05, 4.69) is 5.10 Å². The predicted octanol–water partition coefficient (Wildman–Crippen LogP) is 1.85. The van der Waals surface area contributed by atoms with Crippen LogP contribution in [-0.4, -0.2) is 20.9 Å². The summed E-state index contributed by atoms with van der Waals surface area (Å²) < 4.78 is 27.4. The van der Waals surface area contributed by atoms with E-state index in [4.69, 9.17) is 5.11 Å². The number of nitrogens with zero attached hydrogens (tertiary/aromatic N) is 2. The Hall–Kier alpha value is -2.24. The molecule has 0 saturated carbocycles. The zero-order valence-electron chi connectivity index (χ0n) is 7.89. The van der Waals surface area contributed by atoms with Crippen molar-refractivity contribution in [2.75, 3.05) is 0 Å². The van der Waals surface area contributed by atoms with E-state index in [9.17, 15) is 13.6 Å². The summed E-state index contributed by atoms with van der Waals surface area (Å²) in [5, 5.41) is 12.4. The molecule has 82 valence electrons. The van der Waals surface area contributed by atoms with Crippen LogP contribution in [0.4, 0.5) is 8.78 Å². The van der Waals surface area contributed by atoms with Crippen molar-refractivity contribution in [1.29, 1.82) is 0 Å². The molecule has 1 N–H and O–H groups in total. The van der Waals surface area contributed by atoms with Crippen LogP contribution in [-0.2, 0) is 0 Å². The Balaban J connectivity index is 2.68. The van der Waals surface area contributed by atoms with Crippen molar-refractivity contribution >= 4 is 5.97 Å². The number of benzene rings is 1. The zero-order valence-corrected chi connectivity index (χ0v) is 7.89. The van der Waals surface area contributed by atoms with Crippen LogP contribution >= 0.6 is 0 Å². The fourth-order valence-corrected chi connectivity index (χ4v) is 1.33. The molecule has 0 radical (unpaired) electrons. The van der Waals surface area contributed by atoms with Gasteiger partial charge in [0.25, 0.3) is 0 Å². The predicted molar refractivity (Wildman–Crippen MR) is 50.4 cm³/mol. The molecule has 1 aromatic heterocycles. The van der Waals surface area contributed by atoms with Crippen molar-refractivity contribution in [3.8, 4) is 5.69 Å². The number of hydrogen-bond acceptors (Lipinski definition) is 2. The van der Waals surface area contributed by atoms with Gasteiger partial charge in [-0.25, -0.2) is 18.3 Å². The van der Waals surface area contributed by atoms with Gasteiger partial charge >= 0.3 is 5.97 Å². The number of hydrogen-bond donors (Lipinski definition) is 1. The lowest BCUT2D eigenvalue weighted by atomic mass is 10.3. The van der Waals surface area contributed by atoms with Gasteiger partial charge in [0.2, 0.25) is 0 Å². The quantitative estimate of drug-likeness (QED) is 0.846. The molecule has 0 aliphatic rings. The number of rotatable bonds is 2. The molecule has 2 rings (SSSR count). The maximum Gasteiger partial charge on any atom is 0.354 e. The van der Waals surface area contributed by atoms with Crippen LogP contribution in [0, 0.1) is 11.6 Å². The van der Waals surface area contributed by atoms with E-state index in [0.717, 1.165) is 24.4 Å². The first-order chi connectivity index (χ1) is 7.61. The highest BCUT2D eigenvalue weighted by atomic mass is 19.1. The normalized spacial score (nSPS) is 10.4. The third kappa shape index (κ3) is 1.54. The van der Waals surface area contributed by atoms with Gasteiger partial charge in [0, 0.05) is 0 Å². The molecule has 0 unspecified atom stereocenters. The second kappa shape index (κ2) is 3.73. The van der Waals surface area contributed by atoms with Crippen molar-refractivity contribution in [2.24, 2.45) is 0 Å². The first kappa shape index (κ1) is 10.3. The second-order valence-corrected chi connectivity index (χ2v) is 3.00. The summed E-state index contributed by atoms with van der Waals surface area (Å²) in [6, 6.07) is 4.42. The molecule has 16 heavy (non-hydrogen) atoms. The van der Waals surface area contributed by atoms with E-state index in [1.807, 2.05) is 0 Å². The Morgan fingerprint density at radius 2 is 1.88 bits per heavy atom. The van der Waals surface area contributed by atoms with Gasteiger partial charge in [-0.1, -0.05) is 6.07 Å². The fraction of sp³-hybridized carbons (Fsp3) is 0. The summed E-state index contributed by atoms with van der Waals surface area (Å²) >= 11 is 0. The molecule has 0 bridgehead atoms. The lowest BCUT2D eigenvalue weighted by molar-refractivity contribution is 0.0687. The number of halogens is 2. The minimum atomic E-state index is -1.31. The number of aromatic nitrogens is 2. The average molecular weight is 224 g/mol. The fourth-order valence-electron chi connectivity index (χ4n) is 1.33. The molecule has 0 saturated heterocycles. The molecule has 0 fully saturated rings. The van der Waals surface area contributed by atoms with Crippen LogP contribution in [0.3, 0.4) is 0 Å². The average Bonchev–Trinajstić information content (AvgIpc) is 2.66. The van der Waals surface area contributed by atoms with E-state index in [1.54, 1.807) is 0 Å². The lowest BCUT2D eigenvalue weighted by Gasteiger charge is -2.06. The smallest absolute Gasteiger partial charge is 0.354 e. The van der Waals surface area contributed by atoms with Gasteiger partial charge in [0.15, 0.2) is 17.3 Å². The third-order valence-corrected chi connectivity index (χ3v) is 2.01. The van der Waals surface area contributed by atoms with Crippen molar-refractivity contribution in [2.45, 2.75) is 0 Å². The Morgan fingerprint density at radius 3 is 2.44 bits per heavy atom. The van der Waals surface area contributed by atoms with Crippen molar-refractivity contribution in [1.82, 2.24) is 9.78 Å². The molecule has 0 aliphatic carbocycles. The summed E-state index contributed by atoms with van der Waals surface area (Å²) in [4.78, 5) is 10.8. The Bertz CT molecular complexity index is 531. The van der Waals surface area contributed by atoms with Crippen molar-refractivity contribution < 1.29 is 18.7 Å². The van der Waals surface area contributed by atoms with Gasteiger partial charge in [-0.05, 0) is 18.2 Å². The molecule has 1 heterocycles. The molecule has 6 heteroatoms. The number of carboxylic acid groups (broad SMARTS) is 1. The van der Waals surface area contributed by atoms with Gasteiger partial charge in [0.1, 0.15) is 5.69 Å². The summed E-state index contributed by atoms with van der Waals surface area (Å²) in [7, 11) is 0. The number of carboxylic acids is 1. The highest BCUT2D eigenvalue weighted by Gasteiger charge is 2.17. The highest BCUT2D eigenvalue weighted by molar-refractivity contribution is 5.86. The van der Waals surface area contributed by atoms with E-state index < -0.39 is 23.3 Å². The molecule has 0 aliphatic heterocycles. The summed E-state index contributed by atoms with van der Waals surface area (Å²) in [5.74, 6) is -3.04. The molecule has 0 spiro atoms. The first-order valence-electron chi connectivity index (χ1n) is 4.33. The summed E-state index contributed by atoms with van der Waals surface area (Å²) in [5.41, 5.74) is -0.797. The minimum Gasteiger partial charge on any atom is -0.477 e. The van der Waals surface area contributed by atoms with E-state index in [-0.39, 0.29) is 5.69 Å². The Labute approximate surface area is 88.7 Å². The van der Waals surface area contributed by atoms with Crippen LogP contribution in [0.5, 0.6) is 0 Å². The SMILES string of the molecule is O=C(O)c1ccnn1-c1c(F)cccc1F. The van der Waals surface area contributed by atoms with Crippen LogP contribution < -0.4 is 0 Å². The van der Waals surface area contributed by atoms with Crippen LogP contribution in [0.25, 0.3) is 5.69 Å². The molecule has 2 aromatic rings. The van der Waals surface area contributed by atoms with Gasteiger partial charge in [-0.2, -0.15) is 5.10 Å². The Kier molecular flexibility index (Phi) is 2.40. The molecule has 0 amide bonds. The second-order valence-electron chi connectivity index (χ2n) is 3.00. The van der Waals surface area contributed by atoms with Gasteiger partial charge in [-0.3, -0.25) is 0 Å². The summed E-state index contributed by atoms with van der Waals surface area (Å²) in [6.45, 7) is 0. The number of para-hydroxylation sites is 1. The minimum absolute atomic E-state index is 0.302. The van der Waals surface area contributed by atoms with E-state index in [0.29, 0.717) is 4.68 Å². The maximum absolute atomic E-state index is 13.4. The largest absolute Gasteiger partial charge is 0.477 e. The third-order valence-electron chi connectivity index (χ3n) is 2.01. The Morgan fingerprint density at radius 1 is 1.25 bits per heavy atom. The summed E-state index contributed by atoms with van der Waals surface area (Å²) in [6.07, 6.45) is 1.16. The molecular weight excluding hydrogens is 218 g/mol. The molecule has 4 nitrogen and oxygen atoms in total. The molecule has 1 aromatic carbocycles. The van der Waals surface area contributed by atoms with Gasteiger partial charge in [0.05, 0.1) is 6.20 Å². The topological polar surface area (TPSA) is 55.1 Å². The van der Waals surface area contributed by atoms with Crippen LogP contribution in [0.1, 0.15) is 10.5 Å². The van der Waals surface area contributed by atoms with E-state index in [1.165, 1.54) is 6.07 Å². The van der Waals surface area contributed by atoms with Gasteiger partial charge in [-0.15, -0.1) is 0 Å². The van der Waals surface area contributed by atoms with Crippen LogP contribution in [0.15, 0.2) is 30.5 Å². The monoisotopic (exact) mass is 224 g/mol. The van der Waals surface area contributed by atoms with Gasteiger partial charge < -0.3 is 5.11 Å². The zero-order chi connectivity index (χ0) is 11.7. The van der Waals surface area contributed by atoms with Crippen molar-refractivity contribution in [3.63, 3.8) is 0 Å². The number of carbonyl (C=O) groups is 1. The first-order valence-corrected chi connectivity index (χ1v) is 4.33. The standard InChI is InChI=1S/C10H6F2N2O2/c11-6-2-1-3-7(12)9(6)14-8(10(15)16)4-5-13-14/h1-5H,(H,15,16). The lowest BCUT2D eigenvalue weighted by Crippen LogP contribution is -2.11. The van der Waals surface area contributed by atoms with Crippen LogP contribution in [0.2, 0.25) is 0 Å². The highest BCUT2D eigenvalue weighted by Crippen LogP contribution is 2.18. The molecule has 0 atom stereocenters. The van der Waals surface area contributed by atoms with Crippen molar-refractivity contribution in [3.05, 3.63) is 47.8 Å². The maximum atomic E-state index is 13.4.